The van der Waals surface area contributed by atoms with Crippen LogP contribution >= 0.6 is 11.8 Å². The number of amides is 1. The van der Waals surface area contributed by atoms with Crippen LogP contribution in [0.4, 0.5) is 0 Å². The Bertz CT molecular complexity index is 923. The maximum atomic E-state index is 13.0. The van der Waals surface area contributed by atoms with E-state index in [2.05, 4.69) is 37.0 Å². The maximum absolute atomic E-state index is 13.0. The molecule has 5 heteroatoms. The summed E-state index contributed by atoms with van der Waals surface area (Å²) in [6, 6.07) is 6.48. The van der Waals surface area contributed by atoms with Crippen molar-refractivity contribution in [2.45, 2.75) is 36.5 Å². The zero-order valence-corrected chi connectivity index (χ0v) is 16.2. The number of hydrogen-bond acceptors (Lipinski definition) is 4. The van der Waals surface area contributed by atoms with Gasteiger partial charge in [-0.1, -0.05) is 36.6 Å². The highest BCUT2D eigenvalue weighted by Gasteiger charge is 2.78. The molecule has 134 valence electrons. The van der Waals surface area contributed by atoms with Crippen molar-refractivity contribution in [1.29, 1.82) is 0 Å². The summed E-state index contributed by atoms with van der Waals surface area (Å²) >= 11 is 1.47. The van der Waals surface area contributed by atoms with E-state index in [1.807, 2.05) is 14.1 Å². The molecular weight excluding hydrogens is 342 g/mol. The number of hydrogen-bond donors (Lipinski definition) is 1. The van der Waals surface area contributed by atoms with Gasteiger partial charge in [-0.25, -0.2) is 0 Å². The predicted octanol–water partition coefficient (Wildman–Crippen LogP) is 2.35. The monoisotopic (exact) mass is 365 g/mol. The first-order valence-corrected chi connectivity index (χ1v) is 10.1. The van der Waals surface area contributed by atoms with Crippen molar-refractivity contribution in [2.24, 2.45) is 28.5 Å². The molecule has 2 fully saturated rings. The van der Waals surface area contributed by atoms with E-state index in [1.54, 1.807) is 4.90 Å². The molecule has 0 saturated heterocycles. The summed E-state index contributed by atoms with van der Waals surface area (Å²) in [5.74, 6) is 7.89. The smallest absolute Gasteiger partial charge is 0.239 e. The first-order chi connectivity index (χ1) is 12.4. The molecule has 0 radical (unpaired) electrons. The van der Waals surface area contributed by atoms with Crippen molar-refractivity contribution in [2.75, 3.05) is 14.1 Å². The van der Waals surface area contributed by atoms with Gasteiger partial charge in [0.05, 0.1) is 5.54 Å². The lowest BCUT2D eigenvalue weighted by Crippen LogP contribution is -2.49. The minimum absolute atomic E-state index is 0.162. The summed E-state index contributed by atoms with van der Waals surface area (Å²) in [7, 11) is 3.66. The molecule has 2 unspecified atom stereocenters. The van der Waals surface area contributed by atoms with Crippen LogP contribution in [0.3, 0.4) is 0 Å². The summed E-state index contributed by atoms with van der Waals surface area (Å²) in [6.07, 6.45) is 3.33. The van der Waals surface area contributed by atoms with Crippen molar-refractivity contribution in [3.05, 3.63) is 34.9 Å². The fourth-order valence-electron chi connectivity index (χ4n) is 4.92. The standard InChI is InChI=1S/C21H23N3OS/c1-12-17-20(23-19(22)26-21(12,17)18(25)24(2)3)11-15-9-8-14(10-16(15)20)7-6-13-4-5-13/h8-10,12-13,17H,4-5,11H2,1-3H3,(H2,22,23)/t12?,17?,20-,21+/m1/s1. The van der Waals surface area contributed by atoms with Crippen LogP contribution in [0.1, 0.15) is 36.5 Å². The summed E-state index contributed by atoms with van der Waals surface area (Å²) < 4.78 is -0.456. The molecule has 1 heterocycles. The van der Waals surface area contributed by atoms with Crippen LogP contribution in [-0.2, 0) is 16.8 Å². The van der Waals surface area contributed by atoms with Crippen LogP contribution in [0.5, 0.6) is 0 Å². The Morgan fingerprint density at radius 1 is 1.38 bits per heavy atom. The van der Waals surface area contributed by atoms with E-state index < -0.39 is 4.75 Å². The van der Waals surface area contributed by atoms with E-state index >= 15 is 0 Å². The number of thioether (sulfide) groups is 1. The lowest BCUT2D eigenvalue weighted by molar-refractivity contribution is -0.129. The first-order valence-electron chi connectivity index (χ1n) is 9.29. The highest BCUT2D eigenvalue weighted by molar-refractivity contribution is 8.15. The molecular formula is C21H23N3OS. The summed E-state index contributed by atoms with van der Waals surface area (Å²) in [5.41, 5.74) is 9.50. The quantitative estimate of drug-likeness (QED) is 0.777. The Morgan fingerprint density at radius 2 is 2.15 bits per heavy atom. The number of benzene rings is 1. The van der Waals surface area contributed by atoms with Crippen LogP contribution in [-0.4, -0.2) is 34.8 Å². The molecule has 2 saturated carbocycles. The van der Waals surface area contributed by atoms with E-state index in [9.17, 15) is 4.79 Å². The van der Waals surface area contributed by atoms with Gasteiger partial charge in [-0.15, -0.1) is 0 Å². The highest BCUT2D eigenvalue weighted by Crippen LogP contribution is 2.73. The first kappa shape index (κ1) is 16.3. The molecule has 4 atom stereocenters. The highest BCUT2D eigenvalue weighted by atomic mass is 32.2. The van der Waals surface area contributed by atoms with Crippen LogP contribution in [0.15, 0.2) is 23.2 Å². The van der Waals surface area contributed by atoms with Gasteiger partial charge in [-0.2, -0.15) is 0 Å². The number of amidine groups is 1. The molecule has 1 aromatic carbocycles. The lowest BCUT2D eigenvalue weighted by Gasteiger charge is -2.45. The Morgan fingerprint density at radius 3 is 2.85 bits per heavy atom. The Hall–Kier alpha value is -1.93. The molecule has 4 nitrogen and oxygen atoms in total. The molecule has 5 rings (SSSR count). The molecule has 3 aliphatic carbocycles. The van der Waals surface area contributed by atoms with Gasteiger partial charge in [0, 0.05) is 37.9 Å². The van der Waals surface area contributed by atoms with Crippen molar-refractivity contribution in [3.8, 4) is 11.8 Å². The molecule has 0 aromatic heterocycles. The average molecular weight is 366 g/mol. The largest absolute Gasteiger partial charge is 0.378 e. The fourth-order valence-corrected chi connectivity index (χ4v) is 6.52. The Balaban J connectivity index is 1.56. The second-order valence-corrected chi connectivity index (χ2v) is 9.63. The Labute approximate surface area is 158 Å². The van der Waals surface area contributed by atoms with Crippen molar-refractivity contribution in [1.82, 2.24) is 4.90 Å². The van der Waals surface area contributed by atoms with E-state index in [4.69, 9.17) is 10.7 Å². The van der Waals surface area contributed by atoms with Gasteiger partial charge in [0.15, 0.2) is 5.17 Å². The van der Waals surface area contributed by atoms with Gasteiger partial charge in [0.2, 0.25) is 5.91 Å². The van der Waals surface area contributed by atoms with Gasteiger partial charge in [0.25, 0.3) is 0 Å². The number of carbonyl (C=O) groups is 1. The molecule has 1 aromatic rings. The number of nitrogens with two attached hydrogens (primary N) is 1. The van der Waals surface area contributed by atoms with Crippen molar-refractivity contribution < 1.29 is 4.79 Å². The van der Waals surface area contributed by atoms with E-state index in [1.165, 1.54) is 35.7 Å². The van der Waals surface area contributed by atoms with Gasteiger partial charge >= 0.3 is 0 Å². The molecule has 1 amide bonds. The third-order valence-electron chi connectivity index (χ3n) is 6.40. The van der Waals surface area contributed by atoms with E-state index in [0.29, 0.717) is 11.1 Å². The number of carbonyl (C=O) groups excluding carboxylic acids is 1. The minimum Gasteiger partial charge on any atom is -0.378 e. The topological polar surface area (TPSA) is 58.7 Å². The predicted molar refractivity (Wildman–Crippen MR) is 105 cm³/mol. The molecule has 4 aliphatic rings. The number of nitrogens with zero attached hydrogens (tertiary/aromatic N) is 2. The number of fused-ring (bicyclic) bond motifs is 4. The molecule has 1 aliphatic heterocycles. The fraction of sp³-hybridized carbons (Fsp3) is 0.524. The lowest BCUT2D eigenvalue weighted by atomic mass is 9.66. The normalized spacial score (nSPS) is 36.0. The zero-order chi connectivity index (χ0) is 18.3. The molecule has 2 N–H and O–H groups in total. The van der Waals surface area contributed by atoms with Crippen molar-refractivity contribution in [3.63, 3.8) is 0 Å². The van der Waals surface area contributed by atoms with Crippen LogP contribution < -0.4 is 5.73 Å². The summed E-state index contributed by atoms with van der Waals surface area (Å²) in [4.78, 5) is 19.6. The minimum atomic E-state index is -0.456. The van der Waals surface area contributed by atoms with E-state index in [0.717, 1.165) is 12.0 Å². The van der Waals surface area contributed by atoms with Crippen LogP contribution in [0, 0.1) is 29.6 Å². The van der Waals surface area contributed by atoms with Gasteiger partial charge in [0.1, 0.15) is 4.75 Å². The molecule has 0 bridgehead atoms. The third kappa shape index (κ3) is 2.00. The second kappa shape index (κ2) is 5.07. The summed E-state index contributed by atoms with van der Waals surface area (Å²) in [6.45, 7) is 2.17. The SMILES string of the molecule is CC1C2[C@@]1(C(=O)N(C)C)SC(N)=N[C@@]21Cc2ccc(C#CC3CC3)cc21. The Kier molecular flexibility index (Phi) is 3.17. The third-order valence-corrected chi connectivity index (χ3v) is 7.84. The van der Waals surface area contributed by atoms with Crippen LogP contribution in [0.25, 0.3) is 0 Å². The average Bonchev–Trinajstić information content (AvgIpc) is 3.50. The van der Waals surface area contributed by atoms with Gasteiger partial charge in [-0.05, 0) is 42.0 Å². The second-order valence-electron chi connectivity index (χ2n) is 8.33. The maximum Gasteiger partial charge on any atom is 0.239 e. The van der Waals surface area contributed by atoms with E-state index in [-0.39, 0.29) is 23.3 Å². The van der Waals surface area contributed by atoms with Gasteiger partial charge in [-0.3, -0.25) is 9.79 Å². The molecule has 1 spiro atoms. The molecule has 26 heavy (non-hydrogen) atoms. The number of rotatable bonds is 1. The number of aliphatic imine (C=N–C) groups is 1. The van der Waals surface area contributed by atoms with Gasteiger partial charge < -0.3 is 10.6 Å². The van der Waals surface area contributed by atoms with Crippen LogP contribution in [0.2, 0.25) is 0 Å². The zero-order valence-electron chi connectivity index (χ0n) is 15.4. The summed E-state index contributed by atoms with van der Waals surface area (Å²) in [5, 5.41) is 0.543. The van der Waals surface area contributed by atoms with Crippen molar-refractivity contribution >= 4 is 22.8 Å².